The average molecular weight is 321 g/mol. The lowest BCUT2D eigenvalue weighted by Gasteiger charge is -2.54. The minimum Gasteiger partial charge on any atom is -0.360 e. The van der Waals surface area contributed by atoms with Gasteiger partial charge in [-0.3, -0.25) is 4.99 Å². The molecule has 0 saturated heterocycles. The van der Waals surface area contributed by atoms with E-state index in [2.05, 4.69) is 35.2 Å². The molecule has 0 radical (unpaired) electrons. The lowest BCUT2D eigenvalue weighted by Crippen LogP contribution is -2.49. The van der Waals surface area contributed by atoms with Gasteiger partial charge in [0.05, 0.1) is 22.6 Å². The number of hydrogen-bond acceptors (Lipinski definition) is 1. The van der Waals surface area contributed by atoms with E-state index in [9.17, 15) is 0 Å². The van der Waals surface area contributed by atoms with E-state index in [0.29, 0.717) is 0 Å². The highest BCUT2D eigenvalue weighted by molar-refractivity contribution is 5.82. The van der Waals surface area contributed by atoms with E-state index in [0.717, 1.165) is 29.9 Å². The Morgan fingerprint density at radius 3 is 2.42 bits per heavy atom. The second-order valence-corrected chi connectivity index (χ2v) is 8.46. The molecule has 3 heteroatoms. The molecule has 3 nitrogen and oxygen atoms in total. The monoisotopic (exact) mass is 321 g/mol. The van der Waals surface area contributed by atoms with Crippen LogP contribution in [0.25, 0.3) is 11.4 Å². The Morgan fingerprint density at radius 1 is 1.12 bits per heavy atom. The van der Waals surface area contributed by atoms with Crippen molar-refractivity contribution in [1.82, 2.24) is 9.97 Å². The van der Waals surface area contributed by atoms with Gasteiger partial charge >= 0.3 is 0 Å². The van der Waals surface area contributed by atoms with Crippen LogP contribution in [0.2, 0.25) is 0 Å². The van der Waals surface area contributed by atoms with E-state index >= 15 is 0 Å². The topological polar surface area (TPSA) is 43.9 Å². The number of rotatable bonds is 4. The summed E-state index contributed by atoms with van der Waals surface area (Å²) in [5.41, 5.74) is 5.16. The van der Waals surface area contributed by atoms with Crippen LogP contribution in [0, 0.1) is 17.8 Å². The van der Waals surface area contributed by atoms with Crippen LogP contribution < -0.4 is 0 Å². The lowest BCUT2D eigenvalue weighted by molar-refractivity contribution is 0.00194. The van der Waals surface area contributed by atoms with Crippen molar-refractivity contribution in [3.05, 3.63) is 35.7 Å². The Kier molecular flexibility index (Phi) is 3.26. The minimum atomic E-state index is 0.261. The molecular formula is C21H27N3. The molecule has 4 fully saturated rings. The van der Waals surface area contributed by atoms with Crippen LogP contribution in [-0.2, 0) is 6.42 Å². The molecule has 0 unspecified atom stereocenters. The molecular weight excluding hydrogens is 294 g/mol. The van der Waals surface area contributed by atoms with Gasteiger partial charge in [0.2, 0.25) is 0 Å². The number of aromatic nitrogens is 2. The van der Waals surface area contributed by atoms with E-state index in [1.54, 1.807) is 0 Å². The molecule has 0 aliphatic heterocycles. The largest absolute Gasteiger partial charge is 0.360 e. The molecule has 4 bridgehead atoms. The number of aryl methyl sites for hydroxylation is 1. The highest BCUT2D eigenvalue weighted by Crippen LogP contribution is 2.57. The van der Waals surface area contributed by atoms with Crippen LogP contribution in [-0.4, -0.2) is 21.7 Å². The second kappa shape index (κ2) is 5.37. The van der Waals surface area contributed by atoms with Gasteiger partial charge in [0.25, 0.3) is 0 Å². The Morgan fingerprint density at radius 2 is 1.83 bits per heavy atom. The smallest absolute Gasteiger partial charge is 0.0627 e. The van der Waals surface area contributed by atoms with Crippen molar-refractivity contribution in [2.24, 2.45) is 22.7 Å². The standard InChI is InChI=1S/C21H27N3/c1-2-17-9-19(18-4-3-5-22-18)24-20(17)13-23-21-10-14-6-15(11-21)8-16(7-14)12-21/h3-5,9,13-16,22,24H,2,6-8,10-12H2,1H3. The van der Waals surface area contributed by atoms with Gasteiger partial charge in [-0.05, 0) is 86.5 Å². The number of H-pyrrole nitrogens is 2. The zero-order valence-corrected chi connectivity index (χ0v) is 14.5. The summed E-state index contributed by atoms with van der Waals surface area (Å²) in [6.07, 6.45) is 13.6. The zero-order chi connectivity index (χ0) is 16.1. The van der Waals surface area contributed by atoms with Gasteiger partial charge in [0, 0.05) is 12.4 Å². The van der Waals surface area contributed by atoms with E-state index in [-0.39, 0.29) is 5.54 Å². The average Bonchev–Trinajstić information content (AvgIpc) is 3.21. The molecule has 2 aromatic rings. The summed E-state index contributed by atoms with van der Waals surface area (Å²) in [5.74, 6) is 2.87. The SMILES string of the molecule is CCc1cc(-c2ccc[nH]2)[nH]c1C=NC12CC3CC(CC(C3)C1)C2. The summed E-state index contributed by atoms with van der Waals surface area (Å²) in [7, 11) is 0. The first-order valence-electron chi connectivity index (χ1n) is 9.64. The summed E-state index contributed by atoms with van der Waals surface area (Å²) >= 11 is 0. The summed E-state index contributed by atoms with van der Waals surface area (Å²) < 4.78 is 0. The maximum atomic E-state index is 5.22. The van der Waals surface area contributed by atoms with E-state index in [4.69, 9.17) is 4.99 Å². The zero-order valence-electron chi connectivity index (χ0n) is 14.5. The Balaban J connectivity index is 1.44. The van der Waals surface area contributed by atoms with Gasteiger partial charge in [-0.25, -0.2) is 0 Å². The Bertz CT molecular complexity index is 715. The molecule has 0 atom stereocenters. The highest BCUT2D eigenvalue weighted by Gasteiger charge is 2.50. The van der Waals surface area contributed by atoms with Crippen molar-refractivity contribution < 1.29 is 0 Å². The molecule has 0 amide bonds. The fraction of sp³-hybridized carbons (Fsp3) is 0.571. The van der Waals surface area contributed by atoms with Crippen LogP contribution >= 0.6 is 0 Å². The number of hydrogen-bond donors (Lipinski definition) is 2. The van der Waals surface area contributed by atoms with Crippen LogP contribution in [0.4, 0.5) is 0 Å². The van der Waals surface area contributed by atoms with Crippen molar-refractivity contribution in [3.63, 3.8) is 0 Å². The predicted octanol–water partition coefficient (Wildman–Crippen LogP) is 4.96. The quantitative estimate of drug-likeness (QED) is 0.748. The molecule has 126 valence electrons. The fourth-order valence-electron chi connectivity index (χ4n) is 5.99. The maximum Gasteiger partial charge on any atom is 0.0627 e. The maximum absolute atomic E-state index is 5.22. The van der Waals surface area contributed by atoms with Gasteiger partial charge in [-0.2, -0.15) is 0 Å². The molecule has 6 rings (SSSR count). The normalized spacial score (nSPS) is 34.5. The van der Waals surface area contributed by atoms with Crippen molar-refractivity contribution in [2.45, 2.75) is 57.4 Å². The van der Waals surface area contributed by atoms with Crippen LogP contribution in [0.5, 0.6) is 0 Å². The van der Waals surface area contributed by atoms with E-state index < -0.39 is 0 Å². The molecule has 24 heavy (non-hydrogen) atoms. The molecule has 0 spiro atoms. The first kappa shape index (κ1) is 14.6. The van der Waals surface area contributed by atoms with Crippen LogP contribution in [0.1, 0.15) is 56.7 Å². The van der Waals surface area contributed by atoms with Crippen LogP contribution in [0.15, 0.2) is 29.4 Å². The van der Waals surface area contributed by atoms with Crippen molar-refractivity contribution >= 4 is 6.21 Å². The van der Waals surface area contributed by atoms with Gasteiger partial charge < -0.3 is 9.97 Å². The lowest BCUT2D eigenvalue weighted by atomic mass is 9.53. The first-order chi connectivity index (χ1) is 11.7. The summed E-state index contributed by atoms with van der Waals surface area (Å²) in [6, 6.07) is 6.43. The molecule has 4 saturated carbocycles. The molecule has 4 aliphatic carbocycles. The number of aliphatic imine (C=N–C) groups is 1. The van der Waals surface area contributed by atoms with Gasteiger partial charge in [-0.15, -0.1) is 0 Å². The van der Waals surface area contributed by atoms with Crippen LogP contribution in [0.3, 0.4) is 0 Å². The third kappa shape index (κ3) is 2.37. The van der Waals surface area contributed by atoms with E-state index in [1.807, 2.05) is 12.3 Å². The number of aromatic amines is 2. The van der Waals surface area contributed by atoms with Crippen molar-refractivity contribution in [1.29, 1.82) is 0 Å². The Hall–Kier alpha value is -1.77. The third-order valence-electron chi connectivity index (χ3n) is 6.68. The fourth-order valence-corrected chi connectivity index (χ4v) is 5.99. The molecule has 2 heterocycles. The highest BCUT2D eigenvalue weighted by atomic mass is 14.9. The van der Waals surface area contributed by atoms with Gasteiger partial charge in [-0.1, -0.05) is 6.92 Å². The third-order valence-corrected chi connectivity index (χ3v) is 6.68. The summed E-state index contributed by atoms with van der Waals surface area (Å²) in [6.45, 7) is 2.23. The molecule has 2 aromatic heterocycles. The minimum absolute atomic E-state index is 0.261. The Labute approximate surface area is 144 Å². The molecule has 0 aromatic carbocycles. The number of nitrogens with zero attached hydrogens (tertiary/aromatic N) is 1. The summed E-state index contributed by atoms with van der Waals surface area (Å²) in [5, 5.41) is 0. The van der Waals surface area contributed by atoms with E-state index in [1.165, 1.54) is 55.5 Å². The molecule has 2 N–H and O–H groups in total. The van der Waals surface area contributed by atoms with Crippen molar-refractivity contribution in [2.75, 3.05) is 0 Å². The predicted molar refractivity (Wildman–Crippen MR) is 98.5 cm³/mol. The number of nitrogens with one attached hydrogen (secondary N) is 2. The van der Waals surface area contributed by atoms with Gasteiger partial charge in [0.1, 0.15) is 0 Å². The van der Waals surface area contributed by atoms with Crippen molar-refractivity contribution in [3.8, 4) is 11.4 Å². The first-order valence-corrected chi connectivity index (χ1v) is 9.64. The molecule has 4 aliphatic rings. The van der Waals surface area contributed by atoms with Gasteiger partial charge in [0.15, 0.2) is 0 Å². The second-order valence-electron chi connectivity index (χ2n) is 8.46. The summed E-state index contributed by atoms with van der Waals surface area (Å²) in [4.78, 5) is 12.1.